The van der Waals surface area contributed by atoms with Crippen LogP contribution in [-0.2, 0) is 17.6 Å². The number of piperidine rings is 1. The molecule has 1 aromatic heterocycles. The van der Waals surface area contributed by atoms with Gasteiger partial charge in [0.25, 0.3) is 0 Å². The summed E-state index contributed by atoms with van der Waals surface area (Å²) >= 11 is 1.74. The molecule has 0 spiro atoms. The van der Waals surface area contributed by atoms with Crippen molar-refractivity contribution in [3.8, 4) is 0 Å². The van der Waals surface area contributed by atoms with E-state index in [0.717, 1.165) is 43.6 Å². The second-order valence-corrected chi connectivity index (χ2v) is 8.20. The number of thiophene rings is 1. The molecule has 2 aromatic rings. The number of carbonyl (C=O) groups is 1. The summed E-state index contributed by atoms with van der Waals surface area (Å²) in [6.07, 6.45) is 7.24. The third-order valence-corrected chi connectivity index (χ3v) is 6.50. The lowest BCUT2D eigenvalue weighted by molar-refractivity contribution is -0.131. The first-order valence-corrected chi connectivity index (χ1v) is 9.96. The van der Waals surface area contributed by atoms with Crippen LogP contribution in [0.1, 0.15) is 39.3 Å². The van der Waals surface area contributed by atoms with Gasteiger partial charge in [0, 0.05) is 28.9 Å². The predicted molar refractivity (Wildman–Crippen MR) is 108 cm³/mol. The van der Waals surface area contributed by atoms with Crippen molar-refractivity contribution in [2.75, 3.05) is 20.1 Å². The van der Waals surface area contributed by atoms with E-state index >= 15 is 0 Å². The molecule has 1 aromatic carbocycles. The van der Waals surface area contributed by atoms with Gasteiger partial charge >= 0.3 is 5.97 Å². The van der Waals surface area contributed by atoms with Crippen LogP contribution >= 0.6 is 11.3 Å². The van der Waals surface area contributed by atoms with Crippen LogP contribution in [-0.4, -0.2) is 36.1 Å². The number of fused-ring (bicyclic) bond motifs is 2. The zero-order chi connectivity index (χ0) is 18.1. The van der Waals surface area contributed by atoms with Crippen molar-refractivity contribution >= 4 is 29.0 Å². The van der Waals surface area contributed by atoms with Gasteiger partial charge in [0.2, 0.25) is 0 Å². The topological polar surface area (TPSA) is 40.5 Å². The third kappa shape index (κ3) is 3.39. The average Bonchev–Trinajstić information content (AvgIpc) is 2.97. The van der Waals surface area contributed by atoms with E-state index in [1.807, 2.05) is 0 Å². The first-order valence-electron chi connectivity index (χ1n) is 9.15. The summed E-state index contributed by atoms with van der Waals surface area (Å²) in [6, 6.07) is 11.0. The molecular weight excluding hydrogens is 342 g/mol. The molecule has 0 atom stereocenters. The number of benzene rings is 1. The monoisotopic (exact) mass is 365 g/mol. The quantitative estimate of drug-likeness (QED) is 0.798. The van der Waals surface area contributed by atoms with Crippen LogP contribution in [0.3, 0.4) is 0 Å². The fourth-order valence-electron chi connectivity index (χ4n) is 3.95. The minimum Gasteiger partial charge on any atom is -0.478 e. The fraction of sp³-hybridized carbons (Fsp3) is 0.318. The number of likely N-dealkylation sites (tertiary alicyclic amines) is 1. The zero-order valence-electron chi connectivity index (χ0n) is 15.0. The van der Waals surface area contributed by atoms with Crippen LogP contribution in [0, 0.1) is 0 Å². The Morgan fingerprint density at radius 1 is 1.12 bits per heavy atom. The molecule has 0 radical (unpaired) electrons. The Kier molecular flexibility index (Phi) is 4.79. The van der Waals surface area contributed by atoms with Gasteiger partial charge in [-0.05, 0) is 67.1 Å². The molecule has 134 valence electrons. The largest absolute Gasteiger partial charge is 0.478 e. The molecule has 3 nitrogen and oxygen atoms in total. The molecule has 1 aliphatic carbocycles. The van der Waals surface area contributed by atoms with E-state index in [-0.39, 0.29) is 0 Å². The van der Waals surface area contributed by atoms with Crippen LogP contribution in [0.25, 0.3) is 11.6 Å². The molecule has 0 amide bonds. The van der Waals surface area contributed by atoms with E-state index in [4.69, 9.17) is 5.11 Å². The van der Waals surface area contributed by atoms with Crippen molar-refractivity contribution < 1.29 is 9.90 Å². The molecule has 0 saturated carbocycles. The van der Waals surface area contributed by atoms with Crippen molar-refractivity contribution in [1.29, 1.82) is 0 Å². The molecule has 0 bridgehead atoms. The molecule has 1 saturated heterocycles. The molecule has 2 heterocycles. The van der Waals surface area contributed by atoms with Crippen molar-refractivity contribution in [2.24, 2.45) is 0 Å². The van der Waals surface area contributed by atoms with Crippen LogP contribution < -0.4 is 0 Å². The van der Waals surface area contributed by atoms with E-state index < -0.39 is 5.97 Å². The lowest BCUT2D eigenvalue weighted by Gasteiger charge is -2.27. The molecule has 4 heteroatoms. The van der Waals surface area contributed by atoms with E-state index in [9.17, 15) is 4.79 Å². The maximum Gasteiger partial charge on any atom is 0.328 e. The summed E-state index contributed by atoms with van der Waals surface area (Å²) in [7, 11) is 2.19. The first-order chi connectivity index (χ1) is 12.6. The van der Waals surface area contributed by atoms with Gasteiger partial charge in [0.1, 0.15) is 0 Å². The smallest absolute Gasteiger partial charge is 0.328 e. The van der Waals surface area contributed by atoms with E-state index in [0.29, 0.717) is 0 Å². The first kappa shape index (κ1) is 17.3. The van der Waals surface area contributed by atoms with Crippen molar-refractivity contribution in [1.82, 2.24) is 4.90 Å². The van der Waals surface area contributed by atoms with Crippen LogP contribution in [0.15, 0.2) is 42.0 Å². The molecule has 1 aliphatic heterocycles. The summed E-state index contributed by atoms with van der Waals surface area (Å²) in [5.74, 6) is -0.896. The van der Waals surface area contributed by atoms with Gasteiger partial charge in [-0.1, -0.05) is 29.8 Å². The third-order valence-electron chi connectivity index (χ3n) is 5.34. The number of nitrogens with zero attached hydrogens (tertiary/aromatic N) is 1. The minimum absolute atomic E-state index is 0.896. The highest BCUT2D eigenvalue weighted by atomic mass is 32.1. The van der Waals surface area contributed by atoms with Gasteiger partial charge in [0.15, 0.2) is 0 Å². The normalized spacial score (nSPS) is 17.9. The molecule has 2 aliphatic rings. The summed E-state index contributed by atoms with van der Waals surface area (Å²) < 4.78 is 0. The second kappa shape index (κ2) is 7.22. The Morgan fingerprint density at radius 3 is 2.62 bits per heavy atom. The number of rotatable bonds is 2. The Balaban J connectivity index is 1.86. The minimum atomic E-state index is -0.896. The SMILES string of the molecule is CN1CCC(=C2c3ccccc3CCc3cc(/C=C/C(=O)O)sc32)CC1. The maximum atomic E-state index is 10.9. The van der Waals surface area contributed by atoms with Gasteiger partial charge in [-0.2, -0.15) is 0 Å². The summed E-state index contributed by atoms with van der Waals surface area (Å²) in [6.45, 7) is 2.21. The van der Waals surface area contributed by atoms with Gasteiger partial charge in [-0.25, -0.2) is 4.79 Å². The Morgan fingerprint density at radius 2 is 1.85 bits per heavy atom. The molecule has 1 fully saturated rings. The summed E-state index contributed by atoms with van der Waals surface area (Å²) in [5.41, 5.74) is 7.13. The average molecular weight is 365 g/mol. The Hall–Kier alpha value is -2.17. The molecular formula is C22H23NO2S. The highest BCUT2D eigenvalue weighted by Crippen LogP contribution is 2.42. The van der Waals surface area contributed by atoms with Gasteiger partial charge in [0.05, 0.1) is 0 Å². The standard InChI is InChI=1S/C22H23NO2S/c1-23-12-10-16(11-13-23)21-19-5-3-2-4-15(19)6-7-17-14-18(26-22(17)21)8-9-20(24)25/h2-5,8-9,14H,6-7,10-13H2,1H3,(H,24,25)/b9-8+. The number of aliphatic carboxylic acids is 1. The lowest BCUT2D eigenvalue weighted by atomic mass is 9.90. The van der Waals surface area contributed by atoms with E-state index in [2.05, 4.69) is 42.3 Å². The second-order valence-electron chi connectivity index (χ2n) is 7.11. The Labute approximate surface area is 158 Å². The number of hydrogen-bond acceptors (Lipinski definition) is 3. The summed E-state index contributed by atoms with van der Waals surface area (Å²) in [5, 5.41) is 8.94. The molecule has 1 N–H and O–H groups in total. The van der Waals surface area contributed by atoms with Gasteiger partial charge in [-0.3, -0.25) is 0 Å². The van der Waals surface area contributed by atoms with E-state index in [1.165, 1.54) is 33.2 Å². The number of aryl methyl sites for hydroxylation is 2. The van der Waals surface area contributed by atoms with Gasteiger partial charge < -0.3 is 10.0 Å². The molecule has 0 unspecified atom stereocenters. The molecule has 4 rings (SSSR count). The van der Waals surface area contributed by atoms with Crippen molar-refractivity contribution in [3.63, 3.8) is 0 Å². The number of carboxylic acids is 1. The van der Waals surface area contributed by atoms with Crippen LogP contribution in [0.5, 0.6) is 0 Å². The van der Waals surface area contributed by atoms with Crippen LogP contribution in [0.2, 0.25) is 0 Å². The highest BCUT2D eigenvalue weighted by molar-refractivity contribution is 7.14. The Bertz CT molecular complexity index is 897. The van der Waals surface area contributed by atoms with E-state index in [1.54, 1.807) is 23.0 Å². The van der Waals surface area contributed by atoms with Crippen molar-refractivity contribution in [3.05, 3.63) is 68.4 Å². The van der Waals surface area contributed by atoms with Crippen molar-refractivity contribution in [2.45, 2.75) is 25.7 Å². The fourth-order valence-corrected chi connectivity index (χ4v) is 5.17. The van der Waals surface area contributed by atoms with Crippen LogP contribution in [0.4, 0.5) is 0 Å². The highest BCUT2D eigenvalue weighted by Gasteiger charge is 2.24. The van der Waals surface area contributed by atoms with Gasteiger partial charge in [-0.15, -0.1) is 11.3 Å². The molecule has 26 heavy (non-hydrogen) atoms. The summed E-state index contributed by atoms with van der Waals surface area (Å²) in [4.78, 5) is 15.6. The maximum absolute atomic E-state index is 10.9. The lowest BCUT2D eigenvalue weighted by Crippen LogP contribution is -2.26. The predicted octanol–water partition coefficient (Wildman–Crippen LogP) is 4.47. The number of carboxylic acid groups (broad SMARTS) is 1. The zero-order valence-corrected chi connectivity index (χ0v) is 15.8. The number of hydrogen-bond donors (Lipinski definition) is 1.